The highest BCUT2D eigenvalue weighted by Gasteiger charge is 2.10. The van der Waals surface area contributed by atoms with Gasteiger partial charge in [0, 0.05) is 17.1 Å². The van der Waals surface area contributed by atoms with Crippen molar-refractivity contribution in [1.29, 1.82) is 0 Å². The first-order valence-electron chi connectivity index (χ1n) is 5.25. The third-order valence-electron chi connectivity index (χ3n) is 2.28. The molecule has 0 radical (unpaired) electrons. The highest BCUT2D eigenvalue weighted by Crippen LogP contribution is 2.17. The number of aromatic nitrogens is 3. The summed E-state index contributed by atoms with van der Waals surface area (Å²) in [6, 6.07) is 1.86. The van der Waals surface area contributed by atoms with Gasteiger partial charge in [0.1, 0.15) is 6.10 Å². The van der Waals surface area contributed by atoms with E-state index in [0.29, 0.717) is 0 Å². The molecule has 5 nitrogen and oxygen atoms in total. The van der Waals surface area contributed by atoms with Crippen molar-refractivity contribution in [2.24, 2.45) is 0 Å². The van der Waals surface area contributed by atoms with Crippen LogP contribution in [0.2, 0.25) is 0 Å². The van der Waals surface area contributed by atoms with Gasteiger partial charge >= 0.3 is 0 Å². The van der Waals surface area contributed by atoms with Crippen LogP contribution in [-0.4, -0.2) is 33.0 Å². The van der Waals surface area contributed by atoms with E-state index in [1.54, 1.807) is 12.4 Å². The molecule has 2 aromatic rings. The predicted octanol–water partition coefficient (Wildman–Crippen LogP) is 1.42. The topological polar surface area (TPSA) is 71.0 Å². The Morgan fingerprint density at radius 2 is 2.25 bits per heavy atom. The van der Waals surface area contributed by atoms with Gasteiger partial charge in [-0.1, -0.05) is 0 Å². The van der Waals surface area contributed by atoms with Crippen molar-refractivity contribution in [3.8, 4) is 0 Å². The highest BCUT2D eigenvalue weighted by atomic mass is 16.5. The lowest BCUT2D eigenvalue weighted by Crippen LogP contribution is -2.12. The summed E-state index contributed by atoms with van der Waals surface area (Å²) in [6.45, 7) is 4.15. The number of aromatic amines is 1. The molecule has 0 spiro atoms. The van der Waals surface area contributed by atoms with Crippen molar-refractivity contribution < 1.29 is 9.84 Å². The molecule has 86 valence electrons. The summed E-state index contributed by atoms with van der Waals surface area (Å²) in [5, 5.41) is 17.4. The molecule has 2 N–H and O–H groups in total. The van der Waals surface area contributed by atoms with Gasteiger partial charge in [0.2, 0.25) is 0 Å². The van der Waals surface area contributed by atoms with Crippen LogP contribution in [0.3, 0.4) is 0 Å². The minimum Gasteiger partial charge on any atom is -0.386 e. The summed E-state index contributed by atoms with van der Waals surface area (Å²) in [5.74, 6) is 0. The van der Waals surface area contributed by atoms with Crippen molar-refractivity contribution >= 4 is 11.0 Å². The summed E-state index contributed by atoms with van der Waals surface area (Å²) in [6.07, 6.45) is 2.78. The molecule has 0 saturated carbocycles. The number of aliphatic hydroxyl groups is 1. The average Bonchev–Trinajstić information content (AvgIpc) is 2.72. The number of nitrogens with one attached hydrogen (secondary N) is 1. The fourth-order valence-corrected chi connectivity index (χ4v) is 1.42. The summed E-state index contributed by atoms with van der Waals surface area (Å²) >= 11 is 0. The van der Waals surface area contributed by atoms with E-state index in [-0.39, 0.29) is 12.7 Å². The van der Waals surface area contributed by atoms with E-state index < -0.39 is 6.10 Å². The first-order valence-corrected chi connectivity index (χ1v) is 5.25. The molecule has 5 heteroatoms. The summed E-state index contributed by atoms with van der Waals surface area (Å²) in [4.78, 5) is 4.16. The van der Waals surface area contributed by atoms with Crippen LogP contribution in [0.25, 0.3) is 11.0 Å². The number of aliphatic hydroxyl groups excluding tert-OH is 1. The minimum absolute atomic E-state index is 0.111. The van der Waals surface area contributed by atoms with Crippen molar-refractivity contribution in [3.05, 3.63) is 24.0 Å². The lowest BCUT2D eigenvalue weighted by atomic mass is 10.1. The second-order valence-corrected chi connectivity index (χ2v) is 3.97. The second kappa shape index (κ2) is 4.59. The number of hydrogen-bond donors (Lipinski definition) is 2. The maximum Gasteiger partial charge on any atom is 0.155 e. The van der Waals surface area contributed by atoms with E-state index in [1.807, 2.05) is 19.9 Å². The molecule has 0 amide bonds. The molecular weight excluding hydrogens is 206 g/mol. The van der Waals surface area contributed by atoms with E-state index in [0.717, 1.165) is 16.6 Å². The Labute approximate surface area is 93.5 Å². The molecule has 2 aromatic heterocycles. The van der Waals surface area contributed by atoms with E-state index in [4.69, 9.17) is 4.74 Å². The van der Waals surface area contributed by atoms with E-state index in [9.17, 15) is 5.11 Å². The molecule has 1 unspecified atom stereocenters. The predicted molar refractivity (Wildman–Crippen MR) is 59.9 cm³/mol. The van der Waals surface area contributed by atoms with Crippen LogP contribution < -0.4 is 0 Å². The summed E-state index contributed by atoms with van der Waals surface area (Å²) in [5.41, 5.74) is 1.47. The van der Waals surface area contributed by atoms with Crippen LogP contribution in [0.5, 0.6) is 0 Å². The summed E-state index contributed by atoms with van der Waals surface area (Å²) in [7, 11) is 0. The standard InChI is InChI=1S/C11H15N3O2/c1-7(2)16-6-10(15)8-3-9-5-13-14-11(9)12-4-8/h3-5,7,10,15H,6H2,1-2H3,(H,12,13,14). The van der Waals surface area contributed by atoms with Gasteiger partial charge in [0.25, 0.3) is 0 Å². The van der Waals surface area contributed by atoms with Crippen molar-refractivity contribution in [1.82, 2.24) is 15.2 Å². The lowest BCUT2D eigenvalue weighted by Gasteiger charge is -2.13. The zero-order valence-corrected chi connectivity index (χ0v) is 9.34. The van der Waals surface area contributed by atoms with Crippen LogP contribution >= 0.6 is 0 Å². The van der Waals surface area contributed by atoms with Gasteiger partial charge in [-0.2, -0.15) is 5.10 Å². The van der Waals surface area contributed by atoms with Crippen LogP contribution in [0.4, 0.5) is 0 Å². The normalized spacial score (nSPS) is 13.5. The quantitative estimate of drug-likeness (QED) is 0.819. The molecule has 0 aliphatic rings. The number of hydrogen-bond acceptors (Lipinski definition) is 4. The van der Waals surface area contributed by atoms with Gasteiger partial charge in [-0.15, -0.1) is 0 Å². The Morgan fingerprint density at radius 1 is 1.44 bits per heavy atom. The molecular formula is C11H15N3O2. The maximum absolute atomic E-state index is 9.87. The first kappa shape index (κ1) is 11.0. The molecule has 16 heavy (non-hydrogen) atoms. The molecule has 0 aliphatic heterocycles. The van der Waals surface area contributed by atoms with Crippen molar-refractivity contribution in [3.63, 3.8) is 0 Å². The van der Waals surface area contributed by atoms with Gasteiger partial charge in [0.15, 0.2) is 5.65 Å². The van der Waals surface area contributed by atoms with Gasteiger partial charge in [-0.05, 0) is 19.9 Å². The van der Waals surface area contributed by atoms with Crippen molar-refractivity contribution in [2.75, 3.05) is 6.61 Å². The van der Waals surface area contributed by atoms with Crippen LogP contribution in [0.1, 0.15) is 25.5 Å². The third kappa shape index (κ3) is 2.37. The number of pyridine rings is 1. The largest absolute Gasteiger partial charge is 0.386 e. The fraction of sp³-hybridized carbons (Fsp3) is 0.455. The van der Waals surface area contributed by atoms with Gasteiger partial charge in [-0.25, -0.2) is 4.98 Å². The highest BCUT2D eigenvalue weighted by molar-refractivity contribution is 5.74. The zero-order valence-electron chi connectivity index (χ0n) is 9.34. The zero-order chi connectivity index (χ0) is 11.5. The Bertz CT molecular complexity index is 467. The number of nitrogens with zero attached hydrogens (tertiary/aromatic N) is 2. The molecule has 0 saturated heterocycles. The van der Waals surface area contributed by atoms with Crippen LogP contribution in [0, 0.1) is 0 Å². The number of rotatable bonds is 4. The maximum atomic E-state index is 9.87. The van der Waals surface area contributed by atoms with Gasteiger partial charge < -0.3 is 9.84 Å². The second-order valence-electron chi connectivity index (χ2n) is 3.97. The monoisotopic (exact) mass is 221 g/mol. The van der Waals surface area contributed by atoms with Gasteiger partial charge in [-0.3, -0.25) is 5.10 Å². The molecule has 0 aromatic carbocycles. The fourth-order valence-electron chi connectivity index (χ4n) is 1.42. The summed E-state index contributed by atoms with van der Waals surface area (Å²) < 4.78 is 5.35. The smallest absolute Gasteiger partial charge is 0.155 e. The van der Waals surface area contributed by atoms with E-state index >= 15 is 0 Å². The molecule has 2 heterocycles. The molecule has 2 rings (SSSR count). The molecule has 1 atom stereocenters. The van der Waals surface area contributed by atoms with Crippen LogP contribution in [0.15, 0.2) is 18.5 Å². The number of ether oxygens (including phenoxy) is 1. The number of fused-ring (bicyclic) bond motifs is 1. The Hall–Kier alpha value is -1.46. The Kier molecular flexibility index (Phi) is 3.17. The lowest BCUT2D eigenvalue weighted by molar-refractivity contribution is 0.00486. The van der Waals surface area contributed by atoms with E-state index in [1.165, 1.54) is 0 Å². The van der Waals surface area contributed by atoms with Crippen LogP contribution in [-0.2, 0) is 4.74 Å². The molecule has 0 fully saturated rings. The minimum atomic E-state index is -0.644. The molecule has 0 aliphatic carbocycles. The first-order chi connectivity index (χ1) is 7.66. The van der Waals surface area contributed by atoms with Gasteiger partial charge in [0.05, 0.1) is 18.9 Å². The Morgan fingerprint density at radius 3 is 3.00 bits per heavy atom. The third-order valence-corrected chi connectivity index (χ3v) is 2.28. The SMILES string of the molecule is CC(C)OCC(O)c1cnc2[nH]ncc2c1. The van der Waals surface area contributed by atoms with Crippen molar-refractivity contribution in [2.45, 2.75) is 26.1 Å². The Balaban J connectivity index is 2.12. The number of H-pyrrole nitrogens is 1. The molecule has 0 bridgehead atoms. The van der Waals surface area contributed by atoms with E-state index in [2.05, 4.69) is 15.2 Å². The average molecular weight is 221 g/mol.